The zero-order chi connectivity index (χ0) is 25.1. The first kappa shape index (κ1) is 23.4. The average Bonchev–Trinajstić information content (AvgIpc) is 3.08. The molecular formula is C27H26N2O5S. The second-order valence-corrected chi connectivity index (χ2v) is 11.0. The smallest absolute Gasteiger partial charge is 0.333 e. The molecule has 5 rings (SSSR count). The van der Waals surface area contributed by atoms with Crippen LogP contribution < -0.4 is 0 Å². The number of carbonyl (C=O) groups excluding carboxylic acids is 4. The van der Waals surface area contributed by atoms with E-state index in [0.717, 1.165) is 16.0 Å². The van der Waals surface area contributed by atoms with Crippen LogP contribution in [0.25, 0.3) is 0 Å². The molecule has 1 saturated heterocycles. The fourth-order valence-corrected chi connectivity index (χ4v) is 6.13. The van der Waals surface area contributed by atoms with Crippen LogP contribution in [0.5, 0.6) is 0 Å². The fraction of sp³-hybridized carbons (Fsp3) is 0.333. The molecule has 0 radical (unpaired) electrons. The van der Waals surface area contributed by atoms with Gasteiger partial charge in [0.05, 0.1) is 18.2 Å². The molecule has 2 aromatic rings. The predicted molar refractivity (Wildman–Crippen MR) is 132 cm³/mol. The monoisotopic (exact) mass is 490 g/mol. The van der Waals surface area contributed by atoms with Gasteiger partial charge in [0.15, 0.2) is 6.04 Å². The summed E-state index contributed by atoms with van der Waals surface area (Å²) >= 11 is 1.35. The first-order chi connectivity index (χ1) is 16.6. The Kier molecular flexibility index (Phi) is 5.59. The Morgan fingerprint density at radius 3 is 2.11 bits per heavy atom. The zero-order valence-corrected chi connectivity index (χ0v) is 20.8. The van der Waals surface area contributed by atoms with E-state index in [2.05, 4.69) is 32.9 Å². The Bertz CT molecular complexity index is 1240. The molecule has 0 bridgehead atoms. The minimum atomic E-state index is -0.955. The molecule has 3 atom stereocenters. The van der Waals surface area contributed by atoms with E-state index < -0.39 is 41.1 Å². The molecule has 3 amide bonds. The number of hydrogen-bond acceptors (Lipinski definition) is 6. The summed E-state index contributed by atoms with van der Waals surface area (Å²) in [6.07, 6.45) is 0.478. The van der Waals surface area contributed by atoms with Crippen molar-refractivity contribution in [3.8, 4) is 0 Å². The Hall–Kier alpha value is -3.39. The Morgan fingerprint density at radius 2 is 1.57 bits per heavy atom. The van der Waals surface area contributed by atoms with Crippen LogP contribution in [0.3, 0.4) is 0 Å². The number of fused-ring (bicyclic) bond motifs is 2. The number of rotatable bonds is 4. The van der Waals surface area contributed by atoms with E-state index in [0.29, 0.717) is 17.5 Å². The van der Waals surface area contributed by atoms with Gasteiger partial charge in [-0.2, -0.15) is 0 Å². The van der Waals surface area contributed by atoms with Crippen LogP contribution in [-0.4, -0.2) is 58.1 Å². The van der Waals surface area contributed by atoms with Crippen molar-refractivity contribution in [1.82, 2.24) is 9.80 Å². The highest BCUT2D eigenvalue weighted by Crippen LogP contribution is 2.45. The first-order valence-electron chi connectivity index (χ1n) is 11.4. The molecule has 35 heavy (non-hydrogen) atoms. The summed E-state index contributed by atoms with van der Waals surface area (Å²) in [5.74, 6) is -1.93. The minimum Gasteiger partial charge on any atom is -0.467 e. The predicted octanol–water partition coefficient (Wildman–Crippen LogP) is 3.53. The molecule has 0 saturated carbocycles. The highest BCUT2D eigenvalue weighted by molar-refractivity contribution is 8.03. The van der Waals surface area contributed by atoms with E-state index in [1.54, 1.807) is 24.3 Å². The van der Waals surface area contributed by atoms with Gasteiger partial charge < -0.3 is 9.64 Å². The topological polar surface area (TPSA) is 84.0 Å². The molecular weight excluding hydrogens is 464 g/mol. The normalized spacial score (nSPS) is 23.5. The van der Waals surface area contributed by atoms with E-state index in [4.69, 9.17) is 4.74 Å². The maximum Gasteiger partial charge on any atom is 0.333 e. The first-order valence-corrected chi connectivity index (χ1v) is 12.4. The van der Waals surface area contributed by atoms with Crippen LogP contribution in [0.1, 0.15) is 52.6 Å². The number of thioether (sulfide) groups is 1. The quantitative estimate of drug-likeness (QED) is 0.370. The number of β-lactam (4-membered cyclic amide) rings is 1. The summed E-state index contributed by atoms with van der Waals surface area (Å²) in [7, 11) is 1.29. The number of imide groups is 1. The second kappa shape index (κ2) is 8.37. The molecule has 0 N–H and O–H groups in total. The lowest BCUT2D eigenvalue weighted by Gasteiger charge is -2.53. The fourth-order valence-electron chi connectivity index (χ4n) is 4.86. The number of amides is 3. The molecule has 8 heteroatoms. The van der Waals surface area contributed by atoms with E-state index >= 15 is 0 Å². The van der Waals surface area contributed by atoms with Crippen molar-refractivity contribution >= 4 is 35.5 Å². The summed E-state index contributed by atoms with van der Waals surface area (Å²) in [5.41, 5.74) is 3.59. The van der Waals surface area contributed by atoms with Crippen molar-refractivity contribution in [1.29, 1.82) is 0 Å². The molecule has 2 aromatic carbocycles. The highest BCUT2D eigenvalue weighted by Gasteiger charge is 2.61. The van der Waals surface area contributed by atoms with Gasteiger partial charge in [0, 0.05) is 0 Å². The lowest BCUT2D eigenvalue weighted by molar-refractivity contribution is -0.163. The number of carbonyl (C=O) groups is 4. The standard InChI is InChI=1S/C27H26N2O5S/c1-27(2,3)17-11-9-15(10-12-17)13-16-14-35-25-21(24(32)29(25)20(16)26(33)34-4)28-22(30)18-7-5-6-8-19(18)23(28)31/h5-12,14,20-21,25H,13H2,1-4H3/t20-,21-,25-/m1/s1. The number of ether oxygens (including phenoxy) is 1. The molecule has 0 unspecified atom stereocenters. The van der Waals surface area contributed by atoms with Crippen LogP contribution in [0.15, 0.2) is 59.5 Å². The van der Waals surface area contributed by atoms with Gasteiger partial charge in [-0.3, -0.25) is 19.3 Å². The molecule has 0 aliphatic carbocycles. The van der Waals surface area contributed by atoms with E-state index in [-0.39, 0.29) is 5.41 Å². The molecule has 3 aliphatic rings. The average molecular weight is 491 g/mol. The van der Waals surface area contributed by atoms with Crippen molar-refractivity contribution in [2.75, 3.05) is 7.11 Å². The van der Waals surface area contributed by atoms with Gasteiger partial charge in [-0.25, -0.2) is 4.79 Å². The molecule has 7 nitrogen and oxygen atoms in total. The maximum absolute atomic E-state index is 13.3. The molecule has 0 aromatic heterocycles. The Morgan fingerprint density at radius 1 is 0.971 bits per heavy atom. The third-order valence-corrected chi connectivity index (χ3v) is 8.00. The second-order valence-electron chi connectivity index (χ2n) is 9.99. The SMILES string of the molecule is COC(=O)[C@H]1C(Cc2ccc(C(C)(C)C)cc2)=CS[C@@H]2[C@H](N3C(=O)c4ccccc4C3=O)C(=O)N12. The van der Waals surface area contributed by atoms with Gasteiger partial charge in [-0.1, -0.05) is 57.2 Å². The number of hydrogen-bond donors (Lipinski definition) is 0. The largest absolute Gasteiger partial charge is 0.467 e. The van der Waals surface area contributed by atoms with Gasteiger partial charge in [-0.15, -0.1) is 11.8 Å². The molecule has 3 heterocycles. The number of nitrogens with zero attached hydrogens (tertiary/aromatic N) is 2. The van der Waals surface area contributed by atoms with Gasteiger partial charge in [0.2, 0.25) is 0 Å². The van der Waals surface area contributed by atoms with Crippen molar-refractivity contribution in [2.45, 2.75) is 50.1 Å². The van der Waals surface area contributed by atoms with Gasteiger partial charge in [0.1, 0.15) is 11.4 Å². The number of benzene rings is 2. The van der Waals surface area contributed by atoms with Gasteiger partial charge >= 0.3 is 5.97 Å². The Labute approximate surface area is 208 Å². The van der Waals surface area contributed by atoms with Crippen LogP contribution in [0, 0.1) is 0 Å². The van der Waals surface area contributed by atoms with Crippen molar-refractivity contribution in [3.05, 3.63) is 81.8 Å². The molecule has 0 spiro atoms. The molecule has 1 fully saturated rings. The van der Waals surface area contributed by atoms with Crippen molar-refractivity contribution < 1.29 is 23.9 Å². The highest BCUT2D eigenvalue weighted by atomic mass is 32.2. The van der Waals surface area contributed by atoms with E-state index in [1.807, 2.05) is 17.5 Å². The van der Waals surface area contributed by atoms with Crippen LogP contribution in [0.2, 0.25) is 0 Å². The minimum absolute atomic E-state index is 0.0312. The van der Waals surface area contributed by atoms with Crippen LogP contribution >= 0.6 is 11.8 Å². The zero-order valence-electron chi connectivity index (χ0n) is 20.0. The van der Waals surface area contributed by atoms with Crippen LogP contribution in [-0.2, 0) is 26.2 Å². The third-order valence-electron chi connectivity index (χ3n) is 6.80. The maximum atomic E-state index is 13.3. The van der Waals surface area contributed by atoms with Gasteiger partial charge in [-0.05, 0) is 46.1 Å². The summed E-state index contributed by atoms with van der Waals surface area (Å²) < 4.78 is 5.05. The third kappa shape index (κ3) is 3.67. The van der Waals surface area contributed by atoms with E-state index in [9.17, 15) is 19.2 Å². The Balaban J connectivity index is 1.42. The molecule has 180 valence electrons. The summed E-state index contributed by atoms with van der Waals surface area (Å²) in [4.78, 5) is 54.5. The summed E-state index contributed by atoms with van der Waals surface area (Å²) in [5, 5.41) is 1.33. The number of esters is 1. The lowest BCUT2D eigenvalue weighted by Crippen LogP contribution is -2.74. The van der Waals surface area contributed by atoms with Crippen LogP contribution in [0.4, 0.5) is 0 Å². The van der Waals surface area contributed by atoms with Gasteiger partial charge in [0.25, 0.3) is 17.7 Å². The molecule has 3 aliphatic heterocycles. The van der Waals surface area contributed by atoms with E-state index in [1.165, 1.54) is 29.3 Å². The van der Waals surface area contributed by atoms with Crippen molar-refractivity contribution in [3.63, 3.8) is 0 Å². The summed E-state index contributed by atoms with van der Waals surface area (Å²) in [6, 6.07) is 12.9. The lowest BCUT2D eigenvalue weighted by atomic mass is 9.86. The number of methoxy groups -OCH3 is 1. The summed E-state index contributed by atoms with van der Waals surface area (Å²) in [6.45, 7) is 6.45. The van der Waals surface area contributed by atoms with Crippen molar-refractivity contribution in [2.24, 2.45) is 0 Å².